The van der Waals surface area contributed by atoms with Gasteiger partial charge in [0.15, 0.2) is 5.78 Å². The van der Waals surface area contributed by atoms with Gasteiger partial charge < -0.3 is 0 Å². The second-order valence-corrected chi connectivity index (χ2v) is 3.09. The number of carbonyl (C=O) groups is 1. The fraction of sp³-hybridized carbons (Fsp3) is 0.625. The van der Waals surface area contributed by atoms with Crippen LogP contribution < -0.4 is 0 Å². The summed E-state index contributed by atoms with van der Waals surface area (Å²) in [7, 11) is 0. The standard InChI is InChI=1S/C8H11N3O/c1-6(12)8-9-7-4-2-3-5-11(7)10-8/h2-5H2,1H3. The molecule has 0 fully saturated rings. The van der Waals surface area contributed by atoms with Gasteiger partial charge in [0.2, 0.25) is 5.82 Å². The van der Waals surface area contributed by atoms with E-state index in [0.29, 0.717) is 5.82 Å². The van der Waals surface area contributed by atoms with Crippen molar-refractivity contribution < 1.29 is 4.79 Å². The maximum absolute atomic E-state index is 10.9. The molecule has 0 saturated carbocycles. The van der Waals surface area contributed by atoms with Crippen molar-refractivity contribution in [2.45, 2.75) is 32.7 Å². The van der Waals surface area contributed by atoms with Crippen LogP contribution in [0.2, 0.25) is 0 Å². The van der Waals surface area contributed by atoms with Crippen LogP contribution in [0.25, 0.3) is 0 Å². The third-order valence-electron chi connectivity index (χ3n) is 2.08. The average Bonchev–Trinajstić information content (AvgIpc) is 2.46. The first-order valence-electron chi connectivity index (χ1n) is 4.22. The summed E-state index contributed by atoms with van der Waals surface area (Å²) in [5.41, 5.74) is 0. The maximum Gasteiger partial charge on any atom is 0.217 e. The quantitative estimate of drug-likeness (QED) is 0.579. The number of ketones is 1. The van der Waals surface area contributed by atoms with Gasteiger partial charge in [0.25, 0.3) is 0 Å². The van der Waals surface area contributed by atoms with Crippen LogP contribution in [0.4, 0.5) is 0 Å². The molecular weight excluding hydrogens is 154 g/mol. The monoisotopic (exact) mass is 165 g/mol. The van der Waals surface area contributed by atoms with E-state index < -0.39 is 0 Å². The predicted octanol–water partition coefficient (Wildman–Crippen LogP) is 0.817. The molecule has 0 spiro atoms. The van der Waals surface area contributed by atoms with Crippen molar-refractivity contribution in [2.24, 2.45) is 0 Å². The first-order valence-corrected chi connectivity index (χ1v) is 4.22. The second-order valence-electron chi connectivity index (χ2n) is 3.09. The summed E-state index contributed by atoms with van der Waals surface area (Å²) in [4.78, 5) is 15.1. The Morgan fingerprint density at radius 2 is 2.33 bits per heavy atom. The lowest BCUT2D eigenvalue weighted by Crippen LogP contribution is -2.11. The van der Waals surface area contributed by atoms with Crippen LogP contribution in [0.5, 0.6) is 0 Å². The Morgan fingerprint density at radius 1 is 1.50 bits per heavy atom. The Labute approximate surface area is 70.6 Å². The fourth-order valence-electron chi connectivity index (χ4n) is 1.43. The molecule has 64 valence electrons. The molecule has 2 rings (SSSR count). The molecule has 12 heavy (non-hydrogen) atoms. The Balaban J connectivity index is 2.38. The van der Waals surface area contributed by atoms with Crippen LogP contribution in [0.15, 0.2) is 0 Å². The van der Waals surface area contributed by atoms with Crippen molar-refractivity contribution in [3.8, 4) is 0 Å². The predicted molar refractivity (Wildman–Crippen MR) is 43.0 cm³/mol. The zero-order chi connectivity index (χ0) is 8.55. The largest absolute Gasteiger partial charge is 0.291 e. The molecule has 0 saturated heterocycles. The van der Waals surface area contributed by atoms with Gasteiger partial charge >= 0.3 is 0 Å². The summed E-state index contributed by atoms with van der Waals surface area (Å²) in [6.07, 6.45) is 3.27. The van der Waals surface area contributed by atoms with Crippen LogP contribution >= 0.6 is 0 Å². The van der Waals surface area contributed by atoms with Gasteiger partial charge in [-0.05, 0) is 12.8 Å². The minimum atomic E-state index is -0.0445. The molecule has 0 bridgehead atoms. The summed E-state index contributed by atoms with van der Waals surface area (Å²) in [6, 6.07) is 0. The zero-order valence-electron chi connectivity index (χ0n) is 7.08. The normalized spacial score (nSPS) is 15.8. The number of Topliss-reactive ketones (excluding diaryl/α,β-unsaturated/α-hetero) is 1. The molecule has 4 nitrogen and oxygen atoms in total. The van der Waals surface area contributed by atoms with Crippen LogP contribution in [0.1, 0.15) is 36.2 Å². The molecule has 0 atom stereocenters. The summed E-state index contributed by atoms with van der Waals surface area (Å²) < 4.78 is 1.85. The van der Waals surface area contributed by atoms with Crippen molar-refractivity contribution in [2.75, 3.05) is 0 Å². The molecule has 0 aromatic carbocycles. The third-order valence-corrected chi connectivity index (χ3v) is 2.08. The number of nitrogens with zero attached hydrogens (tertiary/aromatic N) is 3. The van der Waals surface area contributed by atoms with E-state index >= 15 is 0 Å². The summed E-state index contributed by atoms with van der Waals surface area (Å²) in [6.45, 7) is 2.41. The van der Waals surface area contributed by atoms with Crippen molar-refractivity contribution in [3.63, 3.8) is 0 Å². The van der Waals surface area contributed by atoms with Crippen molar-refractivity contribution in [1.29, 1.82) is 0 Å². The van der Waals surface area contributed by atoms with E-state index in [0.717, 1.165) is 31.6 Å². The Hall–Kier alpha value is -1.19. The number of hydrogen-bond acceptors (Lipinski definition) is 3. The highest BCUT2D eigenvalue weighted by molar-refractivity contribution is 5.90. The molecule has 0 aliphatic carbocycles. The molecule has 0 amide bonds. The summed E-state index contributed by atoms with van der Waals surface area (Å²) >= 11 is 0. The van der Waals surface area contributed by atoms with Crippen molar-refractivity contribution in [3.05, 3.63) is 11.6 Å². The number of aryl methyl sites for hydroxylation is 2. The van der Waals surface area contributed by atoms with Crippen LogP contribution in [0.3, 0.4) is 0 Å². The minimum absolute atomic E-state index is 0.0445. The smallest absolute Gasteiger partial charge is 0.217 e. The van der Waals surface area contributed by atoms with Crippen LogP contribution in [-0.2, 0) is 13.0 Å². The fourth-order valence-corrected chi connectivity index (χ4v) is 1.43. The molecule has 0 N–H and O–H groups in total. The van der Waals surface area contributed by atoms with Gasteiger partial charge in [-0.3, -0.25) is 4.79 Å². The molecule has 0 unspecified atom stereocenters. The second kappa shape index (κ2) is 2.69. The third kappa shape index (κ3) is 1.13. The van der Waals surface area contributed by atoms with Crippen molar-refractivity contribution >= 4 is 5.78 Å². The molecule has 1 aliphatic heterocycles. The SMILES string of the molecule is CC(=O)c1nc2n(n1)CCCC2. The Kier molecular flexibility index (Phi) is 1.67. The Morgan fingerprint density at radius 3 is 3.00 bits per heavy atom. The number of fused-ring (bicyclic) bond motifs is 1. The van der Waals surface area contributed by atoms with Gasteiger partial charge in [0, 0.05) is 19.9 Å². The van der Waals surface area contributed by atoms with Gasteiger partial charge in [-0.15, -0.1) is 5.10 Å². The van der Waals surface area contributed by atoms with E-state index in [-0.39, 0.29) is 5.78 Å². The number of aromatic nitrogens is 3. The van der Waals surface area contributed by atoms with E-state index in [2.05, 4.69) is 10.1 Å². The molecule has 1 aliphatic rings. The van der Waals surface area contributed by atoms with Gasteiger partial charge in [-0.25, -0.2) is 9.67 Å². The van der Waals surface area contributed by atoms with E-state index in [9.17, 15) is 4.79 Å². The molecule has 1 aromatic heterocycles. The van der Waals surface area contributed by atoms with Gasteiger partial charge in [0.1, 0.15) is 5.82 Å². The van der Waals surface area contributed by atoms with Crippen LogP contribution in [-0.4, -0.2) is 20.5 Å². The molecule has 4 heteroatoms. The lowest BCUT2D eigenvalue weighted by molar-refractivity contribution is 0.100. The van der Waals surface area contributed by atoms with Gasteiger partial charge in [0.05, 0.1) is 0 Å². The number of carbonyl (C=O) groups excluding carboxylic acids is 1. The lowest BCUT2D eigenvalue weighted by Gasteiger charge is -2.09. The van der Waals surface area contributed by atoms with E-state index in [1.807, 2.05) is 4.68 Å². The van der Waals surface area contributed by atoms with E-state index in [4.69, 9.17) is 0 Å². The van der Waals surface area contributed by atoms with Gasteiger partial charge in [-0.2, -0.15) is 0 Å². The molecule has 2 heterocycles. The topological polar surface area (TPSA) is 47.8 Å². The zero-order valence-corrected chi connectivity index (χ0v) is 7.08. The summed E-state index contributed by atoms with van der Waals surface area (Å²) in [5, 5.41) is 4.11. The van der Waals surface area contributed by atoms with Gasteiger partial charge in [-0.1, -0.05) is 0 Å². The number of rotatable bonds is 1. The Bertz CT molecular complexity index is 293. The lowest BCUT2D eigenvalue weighted by atomic mass is 10.2. The number of hydrogen-bond donors (Lipinski definition) is 0. The van der Waals surface area contributed by atoms with Crippen LogP contribution in [0, 0.1) is 0 Å². The molecular formula is C8H11N3O. The molecule has 1 aromatic rings. The highest BCUT2D eigenvalue weighted by atomic mass is 16.1. The van der Waals surface area contributed by atoms with E-state index in [1.54, 1.807) is 0 Å². The average molecular weight is 165 g/mol. The minimum Gasteiger partial charge on any atom is -0.291 e. The highest BCUT2D eigenvalue weighted by Crippen LogP contribution is 2.11. The first-order chi connectivity index (χ1) is 5.77. The molecule has 0 radical (unpaired) electrons. The van der Waals surface area contributed by atoms with E-state index in [1.165, 1.54) is 6.92 Å². The van der Waals surface area contributed by atoms with Crippen molar-refractivity contribution in [1.82, 2.24) is 14.8 Å². The maximum atomic E-state index is 10.9. The first kappa shape index (κ1) is 7.46. The highest BCUT2D eigenvalue weighted by Gasteiger charge is 2.15. The summed E-state index contributed by atoms with van der Waals surface area (Å²) in [5.74, 6) is 1.29.